The molecule has 0 saturated carbocycles. The lowest BCUT2D eigenvalue weighted by atomic mass is 10.1. The molecule has 0 spiro atoms. The minimum atomic E-state index is -4.90. The van der Waals surface area contributed by atoms with Crippen molar-refractivity contribution in [3.8, 4) is 11.5 Å². The number of nitrogens with zero attached hydrogens (tertiary/aromatic N) is 8. The topological polar surface area (TPSA) is 541 Å². The van der Waals surface area contributed by atoms with Gasteiger partial charge in [0.1, 0.15) is 32.5 Å². The van der Waals surface area contributed by atoms with Crippen molar-refractivity contribution in [3.05, 3.63) is 163 Å². The normalized spacial score (nSPS) is 12.1. The van der Waals surface area contributed by atoms with Crippen LogP contribution in [0.1, 0.15) is 24.5 Å². The molecule has 8 aromatic carbocycles. The van der Waals surface area contributed by atoms with Crippen molar-refractivity contribution >= 4 is 156 Å². The molecule has 31 nitrogen and oxygen atoms in total. The van der Waals surface area contributed by atoms with Crippen molar-refractivity contribution in [2.45, 2.75) is 39.9 Å². The van der Waals surface area contributed by atoms with E-state index in [1.807, 2.05) is 19.1 Å². The summed E-state index contributed by atoms with van der Waals surface area (Å²) in [6.45, 7) is 10.4. The molecule has 8 aromatic rings. The van der Waals surface area contributed by atoms with Gasteiger partial charge in [-0.15, -0.1) is 45.7 Å². The minimum Gasteiger partial charge on any atom is -0.870 e. The summed E-state index contributed by atoms with van der Waals surface area (Å²) in [6.07, 6.45) is 0.460. The molecular formula is C52H46N10O21S7-2. The number of hydrogen-bond donors (Lipinski definition) is 6. The summed E-state index contributed by atoms with van der Waals surface area (Å²) < 4.78 is 189. The number of phenols is 2. The van der Waals surface area contributed by atoms with E-state index in [2.05, 4.69) is 54.1 Å². The summed E-state index contributed by atoms with van der Waals surface area (Å²) in [7, 11) is -23.1. The fourth-order valence-corrected chi connectivity index (χ4v) is 11.1. The van der Waals surface area contributed by atoms with Gasteiger partial charge in [-0.1, -0.05) is 62.0 Å². The Bertz CT molecular complexity index is 4910. The Morgan fingerprint density at radius 2 is 0.867 bits per heavy atom. The molecule has 0 saturated heterocycles. The summed E-state index contributed by atoms with van der Waals surface area (Å²) >= 11 is -2.48. The monoisotopic (exact) mass is 1370 g/mol. The van der Waals surface area contributed by atoms with Gasteiger partial charge in [0.15, 0.2) is 31.2 Å². The molecule has 0 aromatic heterocycles. The second kappa shape index (κ2) is 31.0. The lowest BCUT2D eigenvalue weighted by Gasteiger charge is -2.12. The Labute approximate surface area is 517 Å². The van der Waals surface area contributed by atoms with E-state index in [1.165, 1.54) is 97.1 Å². The van der Waals surface area contributed by atoms with Gasteiger partial charge in [0.2, 0.25) is 0 Å². The van der Waals surface area contributed by atoms with Gasteiger partial charge in [0, 0.05) is 10.3 Å². The van der Waals surface area contributed by atoms with Gasteiger partial charge in [0.05, 0.1) is 60.4 Å². The Hall–Kier alpha value is -9.61. The van der Waals surface area contributed by atoms with Crippen LogP contribution < -0.4 is 11.5 Å². The smallest absolute Gasteiger partial charge is 0.425 e. The maximum Gasteiger partial charge on any atom is 0.425 e. The Morgan fingerprint density at radius 1 is 0.533 bits per heavy atom. The van der Waals surface area contributed by atoms with Crippen LogP contribution in [-0.4, -0.2) is 98.2 Å². The number of aryl methyl sites for hydroxylation is 1. The van der Waals surface area contributed by atoms with Gasteiger partial charge in [-0.25, -0.2) is 16.8 Å². The van der Waals surface area contributed by atoms with Crippen LogP contribution in [-0.2, 0) is 72.2 Å². The zero-order valence-corrected chi connectivity index (χ0v) is 51.7. The van der Waals surface area contributed by atoms with Gasteiger partial charge in [0.25, 0.3) is 20.2 Å². The van der Waals surface area contributed by atoms with Gasteiger partial charge >= 0.3 is 21.2 Å². The van der Waals surface area contributed by atoms with E-state index < -0.39 is 105 Å². The van der Waals surface area contributed by atoms with E-state index in [4.69, 9.17) is 36.7 Å². The molecule has 0 fully saturated rings. The fraction of sp³-hybridized carbons (Fsp3) is 0.0769. The Kier molecular flexibility index (Phi) is 25.1. The number of nitrogens with two attached hydrogens (primary N) is 2. The number of rotatable bonds is 17. The van der Waals surface area contributed by atoms with Crippen molar-refractivity contribution in [2.75, 3.05) is 17.2 Å². The maximum atomic E-state index is 12.2. The molecule has 0 aliphatic rings. The van der Waals surface area contributed by atoms with Crippen LogP contribution in [0.3, 0.4) is 0 Å². The third kappa shape index (κ3) is 19.4. The standard InChI is InChI=1S/C26H21N5O8S3.C26H25N5O6S2.2O3S.H2O/c1-3-41(35,36)20-11-9-19(10-12-20)29-31-25-22(42(37,38)39)14-17-6-13-21(24(27)23(17)26(25)32)30-28-18-7-4-16(5-8-18)15(2)40(33)34;1-3-14-38(33,34)20-11-9-19(10-12-20)29-31-25-22(39(35,36)37)15-17-6-13-21(24(27)23(17)26(25)32)30-28-18-7-4-16(2)5-8-18;2*1-4(2)3;/h3-14,32H,1-2,27H2,(H,33,34)(H,37,38,39);4-13,15,32H,3,14,27H2,1-2H3,(H,35,36,37);;;1H2/p-2. The largest absolute Gasteiger partial charge is 0.870 e. The molecule has 8 rings (SSSR count). The number of nitrogen functional groups attached to an aromatic ring is 2. The molecule has 0 radical (unpaired) electrons. The summed E-state index contributed by atoms with van der Waals surface area (Å²) in [5.41, 5.74) is 14.2. The summed E-state index contributed by atoms with van der Waals surface area (Å²) in [4.78, 5) is -1.49. The van der Waals surface area contributed by atoms with Crippen molar-refractivity contribution in [1.29, 1.82) is 0 Å². The average molecular weight is 1370 g/mol. The van der Waals surface area contributed by atoms with E-state index >= 15 is 0 Å². The van der Waals surface area contributed by atoms with Crippen molar-refractivity contribution < 1.29 is 92.5 Å². The number of hydrogen-bond acceptors (Lipinski definition) is 29. The molecule has 0 bridgehead atoms. The predicted molar refractivity (Wildman–Crippen MR) is 326 cm³/mol. The maximum absolute atomic E-state index is 12.2. The fourth-order valence-electron chi connectivity index (χ4n) is 7.44. The molecule has 90 heavy (non-hydrogen) atoms. The lowest BCUT2D eigenvalue weighted by molar-refractivity contribution is 0.472. The zero-order chi connectivity index (χ0) is 66.3. The highest BCUT2D eigenvalue weighted by atomic mass is 32.2. The first-order valence-corrected chi connectivity index (χ1v) is 33.3. The number of anilines is 2. The minimum absolute atomic E-state index is 0. The van der Waals surface area contributed by atoms with Crippen LogP contribution in [0.15, 0.2) is 213 Å². The van der Waals surface area contributed by atoms with Crippen molar-refractivity contribution in [2.24, 2.45) is 40.9 Å². The van der Waals surface area contributed by atoms with Crippen molar-refractivity contribution in [3.63, 3.8) is 0 Å². The predicted octanol–water partition coefficient (Wildman–Crippen LogP) is 10.5. The van der Waals surface area contributed by atoms with Gasteiger partial charge in [-0.05, 0) is 138 Å². The van der Waals surface area contributed by atoms with Crippen LogP contribution in [0.25, 0.3) is 26.5 Å². The first-order valence-electron chi connectivity index (χ1n) is 24.2. The van der Waals surface area contributed by atoms with Crippen LogP contribution in [0.5, 0.6) is 11.5 Å². The molecule has 38 heteroatoms. The van der Waals surface area contributed by atoms with Crippen LogP contribution in [0.4, 0.5) is 56.9 Å². The molecule has 0 amide bonds. The van der Waals surface area contributed by atoms with Gasteiger partial charge < -0.3 is 31.7 Å². The van der Waals surface area contributed by atoms with E-state index in [9.17, 15) is 61.8 Å². The number of aromatic hydroxyl groups is 2. The number of sulfone groups is 2. The molecule has 0 aliphatic carbocycles. The quantitative estimate of drug-likeness (QED) is 0.0213. The van der Waals surface area contributed by atoms with E-state index in [-0.39, 0.29) is 81.6 Å². The second-order valence-electron chi connectivity index (χ2n) is 17.6. The molecule has 1 atom stereocenters. The summed E-state index contributed by atoms with van der Waals surface area (Å²) in [5.74, 6) is -1.38. The first kappa shape index (κ1) is 72.9. The number of azo groups is 4. The van der Waals surface area contributed by atoms with Gasteiger partial charge in [-0.3, -0.25) is 13.3 Å². The third-order valence-electron chi connectivity index (χ3n) is 11.6. The van der Waals surface area contributed by atoms with Crippen LogP contribution >= 0.6 is 0 Å². The molecule has 9 N–H and O–H groups in total. The second-order valence-corrected chi connectivity index (χ2v) is 26.1. The summed E-state index contributed by atoms with van der Waals surface area (Å²) in [6, 6.07) is 31.7. The van der Waals surface area contributed by atoms with E-state index in [1.54, 1.807) is 19.1 Å². The Balaban J connectivity index is 0.000000341. The third-order valence-corrected chi connectivity index (χ3v) is 17.3. The van der Waals surface area contributed by atoms with Gasteiger partial charge in [-0.2, -0.15) is 37.3 Å². The highest BCUT2D eigenvalue weighted by molar-refractivity contribution is 7.94. The van der Waals surface area contributed by atoms with E-state index in [0.29, 0.717) is 23.4 Å². The molecule has 0 aliphatic heterocycles. The molecular weight excluding hydrogens is 1330 g/mol. The molecule has 0 heterocycles. The van der Waals surface area contributed by atoms with Crippen LogP contribution in [0, 0.1) is 6.92 Å². The molecule has 474 valence electrons. The SMILES string of the molecule is C=CS(=O)(=O)c1ccc(N=Nc2c(S(=O)(=O)O)cc3ccc(N=Nc4ccc(C(=C)S(=O)[O-])cc4)c(N)c3c2O)cc1.CCCS(=O)(=O)c1ccc(N=Nc2c(S(=O)(=O)O)cc3ccc(N=Nc4ccc(C)cc4)c(N)c3c2O)cc1.O=S(=O)=O.O=S(=O)=O.[OH-]. The highest BCUT2D eigenvalue weighted by Crippen LogP contribution is 2.48. The van der Waals surface area contributed by atoms with Crippen molar-refractivity contribution in [1.82, 2.24) is 0 Å². The first-order chi connectivity index (χ1) is 41.6. The Morgan fingerprint density at radius 3 is 1.20 bits per heavy atom. The van der Waals surface area contributed by atoms with Crippen LogP contribution in [0.2, 0.25) is 0 Å². The zero-order valence-electron chi connectivity index (χ0n) is 46.0. The summed E-state index contributed by atoms with van der Waals surface area (Å²) in [5, 5.41) is 55.1. The number of phenolic OH excluding ortho intramolecular Hbond substituents is 2. The van der Waals surface area contributed by atoms with E-state index in [0.717, 1.165) is 23.1 Å². The number of benzene rings is 8. The molecule has 1 unspecified atom stereocenters. The highest BCUT2D eigenvalue weighted by Gasteiger charge is 2.26. The average Bonchev–Trinajstić information content (AvgIpc) is 1.17. The lowest BCUT2D eigenvalue weighted by Crippen LogP contribution is -2.05. The number of fused-ring (bicyclic) bond motifs is 2.